The van der Waals surface area contributed by atoms with Gasteiger partial charge in [0.15, 0.2) is 0 Å². The fraction of sp³-hybridized carbons (Fsp3) is 0.286. The largest absolute Gasteiger partial charge is 0.325 e. The topological polar surface area (TPSA) is 35.6 Å². The van der Waals surface area contributed by atoms with Crippen LogP contribution < -0.4 is 0 Å². The molecule has 110 valence electrons. The molecular formula is C14H13Cl2FN4. The van der Waals surface area contributed by atoms with Crippen LogP contribution in [0.2, 0.25) is 5.02 Å². The minimum atomic E-state index is -0.474. The minimum absolute atomic E-state index is 0.0831. The fourth-order valence-corrected chi connectivity index (χ4v) is 2.68. The van der Waals surface area contributed by atoms with Crippen molar-refractivity contribution in [2.24, 2.45) is 0 Å². The van der Waals surface area contributed by atoms with Crippen molar-refractivity contribution in [3.8, 4) is 0 Å². The van der Waals surface area contributed by atoms with Crippen LogP contribution in [0.15, 0.2) is 24.5 Å². The van der Waals surface area contributed by atoms with Gasteiger partial charge in [-0.15, -0.1) is 11.6 Å². The van der Waals surface area contributed by atoms with Crippen LogP contribution >= 0.6 is 23.2 Å². The Balaban J connectivity index is 1.97. The van der Waals surface area contributed by atoms with E-state index in [1.54, 1.807) is 12.3 Å². The van der Waals surface area contributed by atoms with Crippen LogP contribution in [-0.2, 0) is 19.0 Å². The van der Waals surface area contributed by atoms with Crippen LogP contribution in [0.5, 0.6) is 0 Å². The van der Waals surface area contributed by atoms with Crippen LogP contribution in [0.25, 0.3) is 11.0 Å². The summed E-state index contributed by atoms with van der Waals surface area (Å²) in [4.78, 5) is 4.35. The molecule has 1 aromatic carbocycles. The van der Waals surface area contributed by atoms with Gasteiger partial charge in [0, 0.05) is 18.8 Å². The average Bonchev–Trinajstić information content (AvgIpc) is 3.01. The zero-order chi connectivity index (χ0) is 15.0. The summed E-state index contributed by atoms with van der Waals surface area (Å²) in [5, 5.41) is 4.33. The molecule has 0 aliphatic carbocycles. The lowest BCUT2D eigenvalue weighted by Gasteiger charge is -2.08. The third-order valence-electron chi connectivity index (χ3n) is 3.30. The molecule has 4 nitrogen and oxygen atoms in total. The van der Waals surface area contributed by atoms with Gasteiger partial charge in [0.25, 0.3) is 0 Å². The maximum absolute atomic E-state index is 13.5. The maximum atomic E-state index is 13.5. The van der Waals surface area contributed by atoms with E-state index in [2.05, 4.69) is 10.1 Å². The summed E-state index contributed by atoms with van der Waals surface area (Å²) < 4.78 is 17.3. The summed E-state index contributed by atoms with van der Waals surface area (Å²) in [6.45, 7) is 3.31. The van der Waals surface area contributed by atoms with Gasteiger partial charge >= 0.3 is 0 Å². The van der Waals surface area contributed by atoms with Gasteiger partial charge in [0.1, 0.15) is 11.6 Å². The molecule has 0 radical (unpaired) electrons. The van der Waals surface area contributed by atoms with Crippen LogP contribution in [0, 0.1) is 12.7 Å². The number of rotatable bonds is 4. The van der Waals surface area contributed by atoms with Crippen LogP contribution in [0.4, 0.5) is 4.39 Å². The molecular weight excluding hydrogens is 314 g/mol. The van der Waals surface area contributed by atoms with Crippen molar-refractivity contribution in [2.45, 2.75) is 25.9 Å². The van der Waals surface area contributed by atoms with Gasteiger partial charge in [0.2, 0.25) is 0 Å². The van der Waals surface area contributed by atoms with Gasteiger partial charge in [-0.05, 0) is 18.6 Å². The van der Waals surface area contributed by atoms with E-state index in [4.69, 9.17) is 23.2 Å². The smallest absolute Gasteiger partial charge is 0.144 e. The van der Waals surface area contributed by atoms with Crippen molar-refractivity contribution < 1.29 is 4.39 Å². The highest BCUT2D eigenvalue weighted by atomic mass is 35.5. The van der Waals surface area contributed by atoms with Gasteiger partial charge in [-0.3, -0.25) is 4.68 Å². The Morgan fingerprint density at radius 2 is 2.10 bits per heavy atom. The number of aromatic nitrogens is 4. The average molecular weight is 327 g/mol. The molecule has 0 aliphatic rings. The number of hydrogen-bond acceptors (Lipinski definition) is 2. The lowest BCUT2D eigenvalue weighted by Crippen LogP contribution is -2.10. The monoisotopic (exact) mass is 326 g/mol. The summed E-state index contributed by atoms with van der Waals surface area (Å²) in [6.07, 6.45) is 3.77. The predicted molar refractivity (Wildman–Crippen MR) is 81.2 cm³/mol. The molecule has 0 fully saturated rings. The number of fused-ring (bicyclic) bond motifs is 1. The van der Waals surface area contributed by atoms with Gasteiger partial charge < -0.3 is 4.57 Å². The number of halogens is 3. The third kappa shape index (κ3) is 2.76. The van der Waals surface area contributed by atoms with Crippen LogP contribution in [0.3, 0.4) is 0 Å². The number of alkyl halides is 1. The number of hydrogen-bond donors (Lipinski definition) is 0. The van der Waals surface area contributed by atoms with E-state index in [-0.39, 0.29) is 10.9 Å². The van der Waals surface area contributed by atoms with E-state index >= 15 is 0 Å². The van der Waals surface area contributed by atoms with Crippen molar-refractivity contribution in [3.63, 3.8) is 0 Å². The van der Waals surface area contributed by atoms with E-state index < -0.39 is 5.82 Å². The first-order valence-electron chi connectivity index (χ1n) is 6.47. The highest BCUT2D eigenvalue weighted by molar-refractivity contribution is 6.31. The molecule has 7 heteroatoms. The Bertz CT molecular complexity index is 794. The Morgan fingerprint density at radius 3 is 2.76 bits per heavy atom. The molecule has 0 saturated heterocycles. The van der Waals surface area contributed by atoms with Gasteiger partial charge in [-0.1, -0.05) is 11.6 Å². The van der Waals surface area contributed by atoms with Crippen molar-refractivity contribution in [3.05, 3.63) is 46.8 Å². The Kier molecular flexibility index (Phi) is 3.87. The van der Waals surface area contributed by atoms with Gasteiger partial charge in [-0.25, -0.2) is 9.37 Å². The fourth-order valence-electron chi connectivity index (χ4n) is 2.31. The summed E-state index contributed by atoms with van der Waals surface area (Å²) >= 11 is 11.8. The Morgan fingerprint density at radius 1 is 1.29 bits per heavy atom. The zero-order valence-corrected chi connectivity index (χ0v) is 12.9. The molecule has 0 amide bonds. The Hall–Kier alpha value is -1.59. The first kappa shape index (κ1) is 14.4. The minimum Gasteiger partial charge on any atom is -0.325 e. The SMILES string of the molecule is Cc1cnn(CCn2c(CCl)nc3cc(F)c(Cl)cc32)c1. The van der Waals surface area contributed by atoms with Crippen molar-refractivity contribution in [2.75, 3.05) is 0 Å². The first-order chi connectivity index (χ1) is 10.1. The van der Waals surface area contributed by atoms with Crippen LogP contribution in [0.1, 0.15) is 11.4 Å². The molecule has 3 aromatic rings. The number of benzene rings is 1. The van der Waals surface area contributed by atoms with Gasteiger partial charge in [0.05, 0.1) is 34.7 Å². The van der Waals surface area contributed by atoms with Crippen LogP contribution in [-0.4, -0.2) is 19.3 Å². The highest BCUT2D eigenvalue weighted by Gasteiger charge is 2.13. The summed E-state index contributed by atoms with van der Waals surface area (Å²) in [6, 6.07) is 2.92. The van der Waals surface area contributed by atoms with E-state index in [0.717, 1.165) is 11.1 Å². The quantitative estimate of drug-likeness (QED) is 0.684. The molecule has 2 heterocycles. The molecule has 21 heavy (non-hydrogen) atoms. The molecule has 0 N–H and O–H groups in total. The van der Waals surface area contributed by atoms with E-state index in [0.29, 0.717) is 24.4 Å². The second-order valence-corrected chi connectivity index (χ2v) is 5.52. The zero-order valence-electron chi connectivity index (χ0n) is 11.4. The van der Waals surface area contributed by atoms with E-state index in [1.165, 1.54) is 6.07 Å². The molecule has 0 saturated carbocycles. The molecule has 0 atom stereocenters. The lowest BCUT2D eigenvalue weighted by molar-refractivity contribution is 0.532. The van der Waals surface area contributed by atoms with E-state index in [1.807, 2.05) is 22.4 Å². The third-order valence-corrected chi connectivity index (χ3v) is 3.83. The second kappa shape index (κ2) is 5.66. The van der Waals surface area contributed by atoms with Crippen molar-refractivity contribution in [1.82, 2.24) is 19.3 Å². The number of imidazole rings is 1. The molecule has 0 unspecified atom stereocenters. The second-order valence-electron chi connectivity index (χ2n) is 4.85. The number of aryl methyl sites for hydroxylation is 3. The summed E-state index contributed by atoms with van der Waals surface area (Å²) in [7, 11) is 0. The van der Waals surface area contributed by atoms with Crippen molar-refractivity contribution >= 4 is 34.2 Å². The van der Waals surface area contributed by atoms with E-state index in [9.17, 15) is 4.39 Å². The molecule has 2 aromatic heterocycles. The molecule has 0 aliphatic heterocycles. The molecule has 0 spiro atoms. The first-order valence-corrected chi connectivity index (χ1v) is 7.39. The summed E-state index contributed by atoms with van der Waals surface area (Å²) in [5.74, 6) is 0.473. The van der Waals surface area contributed by atoms with Gasteiger partial charge in [-0.2, -0.15) is 5.10 Å². The normalized spacial score (nSPS) is 11.4. The number of nitrogens with zero attached hydrogens (tertiary/aromatic N) is 4. The predicted octanol–water partition coefficient (Wildman–Crippen LogP) is 3.77. The Labute approximate surface area is 131 Å². The highest BCUT2D eigenvalue weighted by Crippen LogP contribution is 2.24. The summed E-state index contributed by atoms with van der Waals surface area (Å²) in [5.41, 5.74) is 2.44. The van der Waals surface area contributed by atoms with Crippen molar-refractivity contribution in [1.29, 1.82) is 0 Å². The lowest BCUT2D eigenvalue weighted by atomic mass is 10.3. The standard InChI is InChI=1S/C14H13Cl2FN4/c1-9-7-18-20(8-9)2-3-21-13-4-10(16)11(17)5-12(13)19-14(21)6-15/h4-5,7-8H,2-3,6H2,1H3. The molecule has 3 rings (SSSR count). The molecule has 0 bridgehead atoms. The maximum Gasteiger partial charge on any atom is 0.144 e.